The highest BCUT2D eigenvalue weighted by Crippen LogP contribution is 2.49. The quantitative estimate of drug-likeness (QED) is 0.805. The van der Waals surface area contributed by atoms with Gasteiger partial charge in [0.2, 0.25) is 11.8 Å². The van der Waals surface area contributed by atoms with E-state index in [2.05, 4.69) is 5.10 Å². The molecule has 1 aromatic heterocycles. The number of nitrogens with zero attached hydrogens (tertiary/aromatic N) is 3. The summed E-state index contributed by atoms with van der Waals surface area (Å²) < 4.78 is 7.59. The van der Waals surface area contributed by atoms with Crippen molar-refractivity contribution in [3.8, 4) is 0 Å². The molecule has 24 heavy (non-hydrogen) atoms. The van der Waals surface area contributed by atoms with E-state index < -0.39 is 0 Å². The Kier molecular flexibility index (Phi) is 2.91. The summed E-state index contributed by atoms with van der Waals surface area (Å²) in [6.07, 6.45) is 5.24. The molecule has 122 valence electrons. The molecule has 0 unspecified atom stereocenters. The number of hydrogen-bond acceptors (Lipinski definition) is 4. The van der Waals surface area contributed by atoms with E-state index in [1.807, 2.05) is 41.2 Å². The van der Waals surface area contributed by atoms with Gasteiger partial charge >= 0.3 is 0 Å². The number of anilines is 1. The first-order chi connectivity index (χ1) is 11.7. The van der Waals surface area contributed by atoms with Crippen LogP contribution in [0.15, 0.2) is 42.7 Å². The van der Waals surface area contributed by atoms with E-state index in [1.165, 1.54) is 4.90 Å². The molecular formula is C18H17N3O3. The minimum absolute atomic E-state index is 0.0753. The number of amides is 2. The monoisotopic (exact) mass is 323 g/mol. The lowest BCUT2D eigenvalue weighted by Crippen LogP contribution is -2.34. The van der Waals surface area contributed by atoms with Crippen LogP contribution in [-0.2, 0) is 20.9 Å². The van der Waals surface area contributed by atoms with Crippen LogP contribution in [0.1, 0.15) is 18.4 Å². The van der Waals surface area contributed by atoms with E-state index in [-0.39, 0.29) is 35.9 Å². The molecule has 2 aromatic rings. The largest absolute Gasteiger partial charge is 0.373 e. The van der Waals surface area contributed by atoms with Crippen molar-refractivity contribution >= 4 is 17.5 Å². The lowest BCUT2D eigenvalue weighted by Gasteiger charge is -2.18. The molecule has 4 atom stereocenters. The van der Waals surface area contributed by atoms with Crippen LogP contribution >= 0.6 is 0 Å². The van der Waals surface area contributed by atoms with Crippen molar-refractivity contribution in [1.29, 1.82) is 0 Å². The predicted octanol–water partition coefficient (Wildman–Crippen LogP) is 1.60. The van der Waals surface area contributed by atoms with Crippen LogP contribution in [0.3, 0.4) is 0 Å². The van der Waals surface area contributed by atoms with Crippen molar-refractivity contribution < 1.29 is 14.3 Å². The van der Waals surface area contributed by atoms with Crippen LogP contribution in [0, 0.1) is 11.8 Å². The lowest BCUT2D eigenvalue weighted by atomic mass is 9.81. The van der Waals surface area contributed by atoms with Gasteiger partial charge in [-0.05, 0) is 36.6 Å². The van der Waals surface area contributed by atoms with Crippen LogP contribution in [-0.4, -0.2) is 33.8 Å². The van der Waals surface area contributed by atoms with E-state index in [4.69, 9.17) is 4.74 Å². The average molecular weight is 323 g/mol. The van der Waals surface area contributed by atoms with E-state index in [1.54, 1.807) is 6.20 Å². The van der Waals surface area contributed by atoms with Crippen LogP contribution in [0.5, 0.6) is 0 Å². The fraction of sp³-hybridized carbons (Fsp3) is 0.389. The summed E-state index contributed by atoms with van der Waals surface area (Å²) in [5.41, 5.74) is 1.66. The summed E-state index contributed by atoms with van der Waals surface area (Å²) in [4.78, 5) is 27.0. The molecule has 3 aliphatic heterocycles. The van der Waals surface area contributed by atoms with Crippen molar-refractivity contribution in [3.05, 3.63) is 48.3 Å². The number of imide groups is 1. The maximum Gasteiger partial charge on any atom is 0.240 e. The molecule has 0 saturated carbocycles. The van der Waals surface area contributed by atoms with Crippen molar-refractivity contribution in [1.82, 2.24) is 9.78 Å². The summed E-state index contributed by atoms with van der Waals surface area (Å²) in [5.74, 6) is -0.779. The van der Waals surface area contributed by atoms with Crippen molar-refractivity contribution in [2.45, 2.75) is 31.6 Å². The lowest BCUT2D eigenvalue weighted by molar-refractivity contribution is -0.124. The third kappa shape index (κ3) is 1.89. The van der Waals surface area contributed by atoms with Gasteiger partial charge in [0.25, 0.3) is 0 Å². The Labute approximate surface area is 139 Å². The van der Waals surface area contributed by atoms with Crippen LogP contribution in [0.2, 0.25) is 0 Å². The SMILES string of the molecule is O=C1[C@@H]2[C@H](C(=O)N1c1cccc(Cn3cccn3)c1)[C@H]1CC[C@@H]2O1. The molecule has 5 rings (SSSR count). The molecule has 1 aromatic carbocycles. The van der Waals surface area contributed by atoms with Crippen LogP contribution in [0.25, 0.3) is 0 Å². The zero-order chi connectivity index (χ0) is 16.3. The minimum Gasteiger partial charge on any atom is -0.373 e. The maximum absolute atomic E-state index is 12.8. The summed E-state index contributed by atoms with van der Waals surface area (Å²) in [6, 6.07) is 9.46. The molecule has 2 amide bonds. The molecule has 3 aliphatic rings. The number of aromatic nitrogens is 2. The second-order valence-corrected chi connectivity index (χ2v) is 6.73. The Morgan fingerprint density at radius 3 is 2.50 bits per heavy atom. The average Bonchev–Trinajstić information content (AvgIpc) is 3.33. The van der Waals surface area contributed by atoms with Gasteiger partial charge < -0.3 is 4.74 Å². The Balaban J connectivity index is 1.46. The van der Waals surface area contributed by atoms with Gasteiger partial charge in [-0.1, -0.05) is 12.1 Å². The number of carbonyl (C=O) groups is 2. The van der Waals surface area contributed by atoms with Gasteiger partial charge in [-0.25, -0.2) is 4.90 Å². The summed E-state index contributed by atoms with van der Waals surface area (Å²) >= 11 is 0. The first-order valence-corrected chi connectivity index (χ1v) is 8.32. The molecule has 3 saturated heterocycles. The van der Waals surface area contributed by atoms with Crippen molar-refractivity contribution in [2.75, 3.05) is 4.90 Å². The second-order valence-electron chi connectivity index (χ2n) is 6.73. The Hall–Kier alpha value is -2.47. The van der Waals surface area contributed by atoms with Crippen molar-refractivity contribution in [3.63, 3.8) is 0 Å². The molecule has 0 aliphatic carbocycles. The second kappa shape index (κ2) is 5.01. The van der Waals surface area contributed by atoms with Crippen LogP contribution in [0.4, 0.5) is 5.69 Å². The smallest absolute Gasteiger partial charge is 0.240 e. The van der Waals surface area contributed by atoms with E-state index >= 15 is 0 Å². The zero-order valence-corrected chi connectivity index (χ0v) is 13.0. The Morgan fingerprint density at radius 2 is 1.83 bits per heavy atom. The molecule has 0 radical (unpaired) electrons. The van der Waals surface area contributed by atoms with Gasteiger partial charge in [-0.2, -0.15) is 5.10 Å². The summed E-state index contributed by atoms with van der Waals surface area (Å²) in [6.45, 7) is 0.609. The van der Waals surface area contributed by atoms with E-state index in [0.29, 0.717) is 12.2 Å². The van der Waals surface area contributed by atoms with Gasteiger partial charge in [-0.3, -0.25) is 14.3 Å². The zero-order valence-electron chi connectivity index (χ0n) is 13.0. The van der Waals surface area contributed by atoms with E-state index in [0.717, 1.165) is 18.4 Å². The highest BCUT2D eigenvalue weighted by molar-refractivity contribution is 6.22. The Bertz CT molecular complexity index is 789. The maximum atomic E-state index is 12.8. The van der Waals surface area contributed by atoms with E-state index in [9.17, 15) is 9.59 Å². The fourth-order valence-electron chi connectivity index (χ4n) is 4.34. The van der Waals surface area contributed by atoms with Gasteiger partial charge in [-0.15, -0.1) is 0 Å². The molecule has 4 heterocycles. The number of carbonyl (C=O) groups excluding carboxylic acids is 2. The molecule has 0 N–H and O–H groups in total. The third-order valence-corrected chi connectivity index (χ3v) is 5.36. The molecule has 2 bridgehead atoms. The highest BCUT2D eigenvalue weighted by atomic mass is 16.5. The van der Waals surface area contributed by atoms with Gasteiger partial charge in [0.05, 0.1) is 36.3 Å². The summed E-state index contributed by atoms with van der Waals surface area (Å²) in [5, 5.41) is 4.20. The normalized spacial score (nSPS) is 31.1. The number of fused-ring (bicyclic) bond motifs is 5. The standard InChI is InChI=1S/C18H17N3O3/c22-17-15-13-5-6-14(24-13)16(15)18(23)21(17)12-4-1-3-11(9-12)10-20-8-2-7-19-20/h1-4,7-9,13-16H,5-6,10H2/t13-,14+,15-,16+. The van der Waals surface area contributed by atoms with Crippen molar-refractivity contribution in [2.24, 2.45) is 11.8 Å². The molecule has 6 heteroatoms. The van der Waals surface area contributed by atoms with Gasteiger partial charge in [0.15, 0.2) is 0 Å². The van der Waals surface area contributed by atoms with Gasteiger partial charge in [0, 0.05) is 12.4 Å². The molecule has 3 fully saturated rings. The highest BCUT2D eigenvalue weighted by Gasteiger charge is 2.62. The van der Waals surface area contributed by atoms with Crippen LogP contribution < -0.4 is 4.90 Å². The predicted molar refractivity (Wildman–Crippen MR) is 85.1 cm³/mol. The Morgan fingerprint density at radius 1 is 1.08 bits per heavy atom. The molecule has 6 nitrogen and oxygen atoms in total. The molecular weight excluding hydrogens is 306 g/mol. The first-order valence-electron chi connectivity index (χ1n) is 8.32. The topological polar surface area (TPSA) is 64.4 Å². The minimum atomic E-state index is -0.286. The number of ether oxygens (including phenoxy) is 1. The third-order valence-electron chi connectivity index (χ3n) is 5.36. The fourth-order valence-corrected chi connectivity index (χ4v) is 4.34. The first kappa shape index (κ1) is 13.9. The molecule has 0 spiro atoms. The summed E-state index contributed by atoms with van der Waals surface area (Å²) in [7, 11) is 0. The van der Waals surface area contributed by atoms with Gasteiger partial charge in [0.1, 0.15) is 0 Å². The number of hydrogen-bond donors (Lipinski definition) is 0. The number of rotatable bonds is 3. The number of benzene rings is 1.